The largest absolute Gasteiger partial charge is 0.487 e. The van der Waals surface area contributed by atoms with Crippen LogP contribution in [0, 0.1) is 0 Å². The molecule has 6 nitrogen and oxygen atoms in total. The number of pyridine rings is 1. The third-order valence-corrected chi connectivity index (χ3v) is 5.42. The lowest BCUT2D eigenvalue weighted by Crippen LogP contribution is -2.18. The predicted molar refractivity (Wildman–Crippen MR) is 109 cm³/mol. The second-order valence-electron chi connectivity index (χ2n) is 6.88. The molecule has 0 unspecified atom stereocenters. The van der Waals surface area contributed by atoms with Crippen LogP contribution in [0.4, 0.5) is 0 Å². The second kappa shape index (κ2) is 8.31. The summed E-state index contributed by atoms with van der Waals surface area (Å²) in [6, 6.07) is 9.99. The van der Waals surface area contributed by atoms with Crippen LogP contribution >= 0.6 is 15.9 Å². The monoisotopic (exact) mass is 443 g/mol. The third kappa shape index (κ3) is 3.90. The first-order chi connectivity index (χ1) is 13.7. The predicted octanol–water partition coefficient (Wildman–Crippen LogP) is 4.60. The Balaban J connectivity index is 1.58. The Hall–Kier alpha value is -2.41. The maximum absolute atomic E-state index is 11.9. The average molecular weight is 444 g/mol. The van der Waals surface area contributed by atoms with E-state index in [4.69, 9.17) is 14.6 Å². The van der Waals surface area contributed by atoms with E-state index in [1.54, 1.807) is 13.1 Å². The van der Waals surface area contributed by atoms with Crippen molar-refractivity contribution < 1.29 is 14.3 Å². The van der Waals surface area contributed by atoms with E-state index in [1.165, 1.54) is 6.42 Å². The molecule has 4 rings (SSSR count). The summed E-state index contributed by atoms with van der Waals surface area (Å²) in [5, 5.41) is 5.79. The molecule has 7 heteroatoms. The van der Waals surface area contributed by atoms with E-state index >= 15 is 0 Å². The molecule has 0 spiro atoms. The number of rotatable bonds is 7. The summed E-state index contributed by atoms with van der Waals surface area (Å²) in [5.41, 5.74) is 2.55. The molecular weight excluding hydrogens is 422 g/mol. The fourth-order valence-corrected chi connectivity index (χ4v) is 3.69. The molecule has 1 aliphatic carbocycles. The zero-order valence-electron chi connectivity index (χ0n) is 15.7. The Morgan fingerprint density at radius 3 is 2.89 bits per heavy atom. The van der Waals surface area contributed by atoms with Crippen LogP contribution in [-0.2, 0) is 22.6 Å². The molecule has 0 radical (unpaired) electrons. The number of carbonyl (C=O) groups is 1. The van der Waals surface area contributed by atoms with E-state index in [9.17, 15) is 4.79 Å². The van der Waals surface area contributed by atoms with E-state index in [-0.39, 0.29) is 12.4 Å². The number of hydrogen-bond donors (Lipinski definition) is 0. The molecule has 1 fully saturated rings. The minimum absolute atomic E-state index is 0.189. The van der Waals surface area contributed by atoms with Gasteiger partial charge in [0.1, 0.15) is 18.1 Å². The smallest absolute Gasteiger partial charge is 0.310 e. The number of nitrogens with zero attached hydrogens (tertiary/aromatic N) is 3. The Bertz CT molecular complexity index is 998. The van der Waals surface area contributed by atoms with Gasteiger partial charge in [0, 0.05) is 21.6 Å². The standard InChI is InChI=1S/C21H22BrN3O3/c1-2-27-20(26)10-14-6-3-4-9-19(14)28-13-18-17-11-15(22)12-23-21(17)25(24-18)16-7-5-8-16/h3-4,6,9,11-12,16H,2,5,7-8,10,13H2,1H3. The van der Waals surface area contributed by atoms with Crippen LogP contribution in [0.2, 0.25) is 0 Å². The molecule has 0 atom stereocenters. The maximum Gasteiger partial charge on any atom is 0.310 e. The highest BCUT2D eigenvalue weighted by Gasteiger charge is 2.24. The lowest BCUT2D eigenvalue weighted by molar-refractivity contribution is -0.142. The summed E-state index contributed by atoms with van der Waals surface area (Å²) in [6.07, 6.45) is 5.50. The number of esters is 1. The molecule has 0 aliphatic heterocycles. The summed E-state index contributed by atoms with van der Waals surface area (Å²) in [5.74, 6) is 0.413. The van der Waals surface area contributed by atoms with Crippen LogP contribution in [-0.4, -0.2) is 27.3 Å². The van der Waals surface area contributed by atoms with Crippen molar-refractivity contribution in [2.75, 3.05) is 6.61 Å². The molecule has 1 aliphatic rings. The van der Waals surface area contributed by atoms with Crippen molar-refractivity contribution in [1.82, 2.24) is 14.8 Å². The molecule has 1 saturated carbocycles. The van der Waals surface area contributed by atoms with Crippen molar-refractivity contribution in [3.05, 3.63) is 52.3 Å². The van der Waals surface area contributed by atoms with Crippen molar-refractivity contribution in [1.29, 1.82) is 0 Å². The number of carbonyl (C=O) groups excluding carboxylic acids is 1. The number of aromatic nitrogens is 3. The van der Waals surface area contributed by atoms with E-state index < -0.39 is 0 Å². The van der Waals surface area contributed by atoms with Gasteiger partial charge in [0.25, 0.3) is 0 Å². The number of benzene rings is 1. The van der Waals surface area contributed by atoms with Crippen molar-refractivity contribution in [3.8, 4) is 5.75 Å². The summed E-state index contributed by atoms with van der Waals surface area (Å²) >= 11 is 3.50. The van der Waals surface area contributed by atoms with Crippen molar-refractivity contribution in [3.63, 3.8) is 0 Å². The molecule has 146 valence electrons. The Kier molecular flexibility index (Phi) is 5.62. The summed E-state index contributed by atoms with van der Waals surface area (Å²) in [6.45, 7) is 2.48. The number of halogens is 1. The molecule has 0 saturated heterocycles. The van der Waals surface area contributed by atoms with Crippen LogP contribution in [0.5, 0.6) is 5.75 Å². The fourth-order valence-electron chi connectivity index (χ4n) is 3.36. The first kappa shape index (κ1) is 18.9. The summed E-state index contributed by atoms with van der Waals surface area (Å²) < 4.78 is 14.1. The fraction of sp³-hybridized carbons (Fsp3) is 0.381. The van der Waals surface area contributed by atoms with Gasteiger partial charge in [-0.25, -0.2) is 9.67 Å². The van der Waals surface area contributed by atoms with Gasteiger partial charge in [-0.05, 0) is 54.2 Å². The van der Waals surface area contributed by atoms with E-state index in [0.29, 0.717) is 25.0 Å². The van der Waals surface area contributed by atoms with E-state index in [2.05, 4.69) is 20.9 Å². The van der Waals surface area contributed by atoms with Gasteiger partial charge in [-0.15, -0.1) is 0 Å². The maximum atomic E-state index is 11.9. The molecule has 3 aromatic rings. The highest BCUT2D eigenvalue weighted by Crippen LogP contribution is 2.34. The first-order valence-corrected chi connectivity index (χ1v) is 10.3. The lowest BCUT2D eigenvalue weighted by Gasteiger charge is -2.25. The van der Waals surface area contributed by atoms with Gasteiger partial charge < -0.3 is 9.47 Å². The Morgan fingerprint density at radius 1 is 1.32 bits per heavy atom. The van der Waals surface area contributed by atoms with Gasteiger partial charge in [0.2, 0.25) is 0 Å². The van der Waals surface area contributed by atoms with E-state index in [1.807, 2.05) is 35.0 Å². The van der Waals surface area contributed by atoms with Crippen molar-refractivity contribution in [2.24, 2.45) is 0 Å². The molecule has 2 aromatic heterocycles. The molecular formula is C21H22BrN3O3. The summed E-state index contributed by atoms with van der Waals surface area (Å²) in [4.78, 5) is 16.4. The minimum Gasteiger partial charge on any atom is -0.487 e. The van der Waals surface area contributed by atoms with E-state index in [0.717, 1.165) is 39.6 Å². The first-order valence-electron chi connectivity index (χ1n) is 9.54. The second-order valence-corrected chi connectivity index (χ2v) is 7.79. The van der Waals surface area contributed by atoms with Gasteiger partial charge in [0.05, 0.1) is 19.1 Å². The highest BCUT2D eigenvalue weighted by atomic mass is 79.9. The van der Waals surface area contributed by atoms with Crippen LogP contribution in [0.25, 0.3) is 11.0 Å². The molecule has 0 N–H and O–H groups in total. The minimum atomic E-state index is -0.258. The third-order valence-electron chi connectivity index (χ3n) is 4.99. The zero-order chi connectivity index (χ0) is 19.5. The Labute approximate surface area is 172 Å². The average Bonchev–Trinajstić information content (AvgIpc) is 2.97. The number of para-hydroxylation sites is 1. The quantitative estimate of drug-likeness (QED) is 0.499. The SMILES string of the molecule is CCOC(=O)Cc1ccccc1OCc1nn(C2CCC2)c2ncc(Br)cc12. The highest BCUT2D eigenvalue weighted by molar-refractivity contribution is 9.10. The van der Waals surface area contributed by atoms with Crippen molar-refractivity contribution in [2.45, 2.75) is 45.3 Å². The number of hydrogen-bond acceptors (Lipinski definition) is 5. The van der Waals surface area contributed by atoms with Crippen LogP contribution in [0.15, 0.2) is 41.0 Å². The molecule has 0 bridgehead atoms. The number of fused-ring (bicyclic) bond motifs is 1. The van der Waals surface area contributed by atoms with Gasteiger partial charge in [-0.2, -0.15) is 5.10 Å². The van der Waals surface area contributed by atoms with Crippen LogP contribution in [0.1, 0.15) is 43.5 Å². The van der Waals surface area contributed by atoms with Crippen LogP contribution < -0.4 is 4.74 Å². The number of ether oxygens (including phenoxy) is 2. The normalized spacial score (nSPS) is 14.1. The molecule has 0 amide bonds. The Morgan fingerprint density at radius 2 is 2.14 bits per heavy atom. The van der Waals surface area contributed by atoms with Gasteiger partial charge in [0.15, 0.2) is 5.65 Å². The van der Waals surface area contributed by atoms with Gasteiger partial charge >= 0.3 is 5.97 Å². The molecule has 1 aromatic carbocycles. The lowest BCUT2D eigenvalue weighted by atomic mass is 9.93. The van der Waals surface area contributed by atoms with Crippen molar-refractivity contribution >= 4 is 32.9 Å². The summed E-state index contributed by atoms with van der Waals surface area (Å²) in [7, 11) is 0. The van der Waals surface area contributed by atoms with Crippen LogP contribution in [0.3, 0.4) is 0 Å². The topological polar surface area (TPSA) is 66.2 Å². The molecule has 2 heterocycles. The van der Waals surface area contributed by atoms with Gasteiger partial charge in [-0.3, -0.25) is 4.79 Å². The van der Waals surface area contributed by atoms with Gasteiger partial charge in [-0.1, -0.05) is 18.2 Å². The zero-order valence-corrected chi connectivity index (χ0v) is 17.3. The molecule has 28 heavy (non-hydrogen) atoms.